The first-order valence-electron chi connectivity index (χ1n) is 6.26. The van der Waals surface area contributed by atoms with Gasteiger partial charge in [-0.2, -0.15) is 0 Å². The van der Waals surface area contributed by atoms with Gasteiger partial charge in [-0.1, -0.05) is 6.07 Å². The van der Waals surface area contributed by atoms with Crippen molar-refractivity contribution < 1.29 is 19.1 Å². The second-order valence-corrected chi connectivity index (χ2v) is 5.47. The van der Waals surface area contributed by atoms with E-state index in [0.29, 0.717) is 0 Å². The number of Topliss-reactive ketones (excluding diaryl/α,β-unsaturated/α-hetero) is 2. The van der Waals surface area contributed by atoms with Gasteiger partial charge in [-0.05, 0) is 46.8 Å². The van der Waals surface area contributed by atoms with Gasteiger partial charge in [0.15, 0.2) is 11.6 Å². The molecule has 0 heterocycles. The Balaban J connectivity index is 3.18. The summed E-state index contributed by atoms with van der Waals surface area (Å²) in [5, 5.41) is 2.50. The monoisotopic (exact) mass is 277 g/mol. The summed E-state index contributed by atoms with van der Waals surface area (Å²) < 4.78 is 5.14. The molecule has 0 unspecified atom stereocenters. The molecular formula is C15H19NO4. The van der Waals surface area contributed by atoms with Crippen LogP contribution >= 0.6 is 0 Å². The van der Waals surface area contributed by atoms with Gasteiger partial charge in [0.25, 0.3) is 0 Å². The normalized spacial score (nSPS) is 10.8. The fraction of sp³-hybridized carbons (Fsp3) is 0.400. The Hall–Kier alpha value is -2.17. The topological polar surface area (TPSA) is 72.5 Å². The van der Waals surface area contributed by atoms with Crippen LogP contribution < -0.4 is 5.32 Å². The van der Waals surface area contributed by atoms with Crippen molar-refractivity contribution in [2.75, 3.05) is 5.32 Å². The molecule has 1 N–H and O–H groups in total. The van der Waals surface area contributed by atoms with Gasteiger partial charge in [0, 0.05) is 11.1 Å². The third-order valence-electron chi connectivity index (χ3n) is 2.45. The Morgan fingerprint density at radius 2 is 1.45 bits per heavy atom. The van der Waals surface area contributed by atoms with Crippen LogP contribution in [0.15, 0.2) is 18.2 Å². The van der Waals surface area contributed by atoms with Crippen LogP contribution in [0.1, 0.15) is 55.3 Å². The molecule has 1 amide bonds. The minimum absolute atomic E-state index is 0.196. The number of amides is 1. The number of rotatable bonds is 3. The maximum atomic E-state index is 11.8. The van der Waals surface area contributed by atoms with Crippen molar-refractivity contribution in [3.63, 3.8) is 0 Å². The molecule has 0 aliphatic carbocycles. The highest BCUT2D eigenvalue weighted by Crippen LogP contribution is 2.23. The largest absolute Gasteiger partial charge is 0.444 e. The molecule has 0 radical (unpaired) electrons. The van der Waals surface area contributed by atoms with Crippen LogP contribution in [0, 0.1) is 0 Å². The minimum Gasteiger partial charge on any atom is -0.444 e. The van der Waals surface area contributed by atoms with E-state index < -0.39 is 11.7 Å². The molecule has 5 heteroatoms. The fourth-order valence-corrected chi connectivity index (χ4v) is 1.68. The second kappa shape index (κ2) is 5.86. The van der Waals surface area contributed by atoms with E-state index in [-0.39, 0.29) is 28.4 Å². The number of anilines is 1. The number of carbonyl (C=O) groups is 3. The quantitative estimate of drug-likeness (QED) is 0.859. The predicted molar refractivity (Wildman–Crippen MR) is 76.3 cm³/mol. The Morgan fingerprint density at radius 1 is 1.00 bits per heavy atom. The molecule has 108 valence electrons. The molecule has 0 saturated heterocycles. The smallest absolute Gasteiger partial charge is 0.412 e. The maximum absolute atomic E-state index is 11.8. The van der Waals surface area contributed by atoms with Crippen LogP contribution in [-0.4, -0.2) is 23.3 Å². The molecule has 0 aromatic heterocycles. The number of ketones is 2. The molecule has 0 saturated carbocycles. The first kappa shape index (κ1) is 15.9. The number of para-hydroxylation sites is 1. The fourth-order valence-electron chi connectivity index (χ4n) is 1.68. The molecule has 0 fully saturated rings. The zero-order valence-corrected chi connectivity index (χ0v) is 12.4. The molecule has 0 aliphatic heterocycles. The van der Waals surface area contributed by atoms with Crippen LogP contribution in [0.25, 0.3) is 0 Å². The van der Waals surface area contributed by atoms with E-state index in [9.17, 15) is 14.4 Å². The molecule has 0 bridgehead atoms. The van der Waals surface area contributed by atoms with Crippen LogP contribution in [0.3, 0.4) is 0 Å². The lowest BCUT2D eigenvalue weighted by Crippen LogP contribution is -2.28. The molecule has 1 aromatic rings. The number of hydrogen-bond donors (Lipinski definition) is 1. The zero-order chi connectivity index (χ0) is 15.5. The Kier molecular flexibility index (Phi) is 4.65. The first-order chi connectivity index (χ1) is 9.11. The Bertz CT molecular complexity index is 523. The number of ether oxygens (including phenoxy) is 1. The van der Waals surface area contributed by atoms with Crippen molar-refractivity contribution in [1.29, 1.82) is 0 Å². The van der Waals surface area contributed by atoms with E-state index in [0.717, 1.165) is 0 Å². The van der Waals surface area contributed by atoms with Crippen LogP contribution in [0.5, 0.6) is 0 Å². The van der Waals surface area contributed by atoms with Gasteiger partial charge in [-0.25, -0.2) is 4.79 Å². The number of hydrogen-bond acceptors (Lipinski definition) is 4. The first-order valence-corrected chi connectivity index (χ1v) is 6.26. The van der Waals surface area contributed by atoms with Crippen molar-refractivity contribution in [3.8, 4) is 0 Å². The lowest BCUT2D eigenvalue weighted by atomic mass is 10.0. The summed E-state index contributed by atoms with van der Waals surface area (Å²) in [6, 6.07) is 4.72. The lowest BCUT2D eigenvalue weighted by molar-refractivity contribution is 0.0636. The third-order valence-corrected chi connectivity index (χ3v) is 2.45. The van der Waals surface area contributed by atoms with E-state index in [2.05, 4.69) is 5.32 Å². The van der Waals surface area contributed by atoms with Crippen molar-refractivity contribution >= 4 is 23.3 Å². The average molecular weight is 277 g/mol. The summed E-state index contributed by atoms with van der Waals surface area (Å²) >= 11 is 0. The molecule has 1 aromatic carbocycles. The zero-order valence-electron chi connectivity index (χ0n) is 12.4. The van der Waals surface area contributed by atoms with Crippen LogP contribution in [0.2, 0.25) is 0 Å². The summed E-state index contributed by atoms with van der Waals surface area (Å²) in [4.78, 5) is 35.0. The second-order valence-electron chi connectivity index (χ2n) is 5.47. The molecule has 1 rings (SSSR count). The number of benzene rings is 1. The summed E-state index contributed by atoms with van der Waals surface area (Å²) in [5.74, 6) is -0.474. The van der Waals surface area contributed by atoms with Gasteiger partial charge in [0.2, 0.25) is 0 Å². The van der Waals surface area contributed by atoms with E-state index >= 15 is 0 Å². The van der Waals surface area contributed by atoms with E-state index in [1.807, 2.05) is 0 Å². The van der Waals surface area contributed by atoms with Gasteiger partial charge in [-0.3, -0.25) is 14.9 Å². The van der Waals surface area contributed by atoms with Crippen molar-refractivity contribution in [1.82, 2.24) is 0 Å². The van der Waals surface area contributed by atoms with Crippen molar-refractivity contribution in [2.45, 2.75) is 40.2 Å². The van der Waals surface area contributed by atoms with E-state index in [1.54, 1.807) is 39.0 Å². The minimum atomic E-state index is -0.700. The van der Waals surface area contributed by atoms with Crippen molar-refractivity contribution in [2.24, 2.45) is 0 Å². The van der Waals surface area contributed by atoms with Gasteiger partial charge < -0.3 is 4.74 Å². The molecular weight excluding hydrogens is 258 g/mol. The summed E-state index contributed by atoms with van der Waals surface area (Å²) in [7, 11) is 0. The summed E-state index contributed by atoms with van der Waals surface area (Å²) in [6.07, 6.45) is -0.700. The molecule has 0 atom stereocenters. The third kappa shape index (κ3) is 4.19. The standard InChI is InChI=1S/C15H19NO4/c1-9(17)11-7-6-8-12(10(2)18)13(11)16-14(19)20-15(3,4)5/h6-8H,1-5H3,(H,16,19). The Labute approximate surface area is 118 Å². The van der Waals surface area contributed by atoms with E-state index in [1.165, 1.54) is 13.8 Å². The van der Waals surface area contributed by atoms with Gasteiger partial charge >= 0.3 is 6.09 Å². The summed E-state index contributed by atoms with van der Waals surface area (Å²) in [6.45, 7) is 7.94. The lowest BCUT2D eigenvalue weighted by Gasteiger charge is -2.21. The average Bonchev–Trinajstić information content (AvgIpc) is 2.25. The van der Waals surface area contributed by atoms with Gasteiger partial charge in [0.1, 0.15) is 5.60 Å². The molecule has 20 heavy (non-hydrogen) atoms. The highest BCUT2D eigenvalue weighted by Gasteiger charge is 2.21. The summed E-state index contributed by atoms with van der Waals surface area (Å²) in [5.41, 5.74) is 0.0971. The SMILES string of the molecule is CC(=O)c1cccc(C(C)=O)c1NC(=O)OC(C)(C)C. The molecule has 0 aliphatic rings. The van der Waals surface area contributed by atoms with Crippen LogP contribution in [0.4, 0.5) is 10.5 Å². The molecule has 5 nitrogen and oxygen atoms in total. The Morgan fingerprint density at radius 3 is 1.80 bits per heavy atom. The number of carbonyl (C=O) groups excluding carboxylic acids is 3. The highest BCUT2D eigenvalue weighted by molar-refractivity contribution is 6.10. The highest BCUT2D eigenvalue weighted by atomic mass is 16.6. The van der Waals surface area contributed by atoms with Crippen LogP contribution in [-0.2, 0) is 4.74 Å². The molecule has 0 spiro atoms. The predicted octanol–water partition coefficient (Wildman–Crippen LogP) is 3.44. The maximum Gasteiger partial charge on any atom is 0.412 e. The van der Waals surface area contributed by atoms with E-state index in [4.69, 9.17) is 4.74 Å². The van der Waals surface area contributed by atoms with Gasteiger partial charge in [-0.15, -0.1) is 0 Å². The van der Waals surface area contributed by atoms with Gasteiger partial charge in [0.05, 0.1) is 5.69 Å². The van der Waals surface area contributed by atoms with Crippen molar-refractivity contribution in [3.05, 3.63) is 29.3 Å². The number of nitrogens with one attached hydrogen (secondary N) is 1.